The lowest BCUT2D eigenvalue weighted by atomic mass is 10.3. The Kier molecular flexibility index (Phi) is 4.05. The van der Waals surface area contributed by atoms with E-state index in [1.165, 1.54) is 4.31 Å². The molecule has 0 N–H and O–H groups in total. The third-order valence-corrected chi connectivity index (χ3v) is 5.37. The number of rotatable bonds is 4. The smallest absolute Gasteiger partial charge is 0.233 e. The van der Waals surface area contributed by atoms with E-state index in [1.54, 1.807) is 19.9 Å². The van der Waals surface area contributed by atoms with Crippen molar-refractivity contribution in [2.75, 3.05) is 13.1 Å². The highest BCUT2D eigenvalue weighted by Crippen LogP contribution is 2.20. The molecule has 1 fully saturated rings. The van der Waals surface area contributed by atoms with Gasteiger partial charge < -0.3 is 4.74 Å². The zero-order valence-corrected chi connectivity index (χ0v) is 12.2. The fourth-order valence-electron chi connectivity index (χ4n) is 1.94. The second-order valence-electron chi connectivity index (χ2n) is 4.99. The minimum atomic E-state index is -3.19. The molecule has 0 amide bonds. The Labute approximate surface area is 113 Å². The van der Waals surface area contributed by atoms with Crippen molar-refractivity contribution in [2.24, 2.45) is 0 Å². The molecule has 1 unspecified atom stereocenters. The lowest BCUT2D eigenvalue weighted by Gasteiger charge is -2.19. The van der Waals surface area contributed by atoms with Gasteiger partial charge in [0.05, 0.1) is 17.5 Å². The van der Waals surface area contributed by atoms with E-state index in [0.29, 0.717) is 25.4 Å². The highest BCUT2D eigenvalue weighted by atomic mass is 32.2. The fraction of sp³-hybridized carbons (Fsp3) is 0.667. The van der Waals surface area contributed by atoms with Crippen LogP contribution in [0.3, 0.4) is 0 Å². The van der Waals surface area contributed by atoms with E-state index in [0.717, 1.165) is 5.69 Å². The van der Waals surface area contributed by atoms with E-state index in [2.05, 4.69) is 10.2 Å². The van der Waals surface area contributed by atoms with Crippen LogP contribution < -0.4 is 4.74 Å². The average molecular weight is 285 g/mol. The SMILES string of the molecule is Cc1ccc(OC2CCN(S(=O)(=O)C(C)C)C2)nn1. The fourth-order valence-corrected chi connectivity index (χ4v) is 3.27. The molecule has 2 heterocycles. The van der Waals surface area contributed by atoms with Crippen LogP contribution in [0.1, 0.15) is 26.0 Å². The van der Waals surface area contributed by atoms with E-state index in [4.69, 9.17) is 4.74 Å². The van der Waals surface area contributed by atoms with Gasteiger partial charge in [-0.3, -0.25) is 0 Å². The Balaban J connectivity index is 1.98. The number of ether oxygens (including phenoxy) is 1. The van der Waals surface area contributed by atoms with Crippen LogP contribution in [0.2, 0.25) is 0 Å². The van der Waals surface area contributed by atoms with Crippen LogP contribution in [0.15, 0.2) is 12.1 Å². The summed E-state index contributed by atoms with van der Waals surface area (Å²) in [6.45, 7) is 6.12. The van der Waals surface area contributed by atoms with Gasteiger partial charge in [0, 0.05) is 12.6 Å². The molecule has 0 saturated carbocycles. The second-order valence-corrected chi connectivity index (χ2v) is 7.48. The Morgan fingerprint density at radius 2 is 2.11 bits per heavy atom. The normalized spacial score (nSPS) is 20.9. The van der Waals surface area contributed by atoms with E-state index in [1.807, 2.05) is 13.0 Å². The molecule has 1 aromatic heterocycles. The second kappa shape index (κ2) is 5.42. The standard InChI is InChI=1S/C12H19N3O3S/c1-9(2)19(16,17)15-7-6-11(8-15)18-12-5-4-10(3)13-14-12/h4-5,9,11H,6-8H2,1-3H3. The number of hydrogen-bond acceptors (Lipinski definition) is 5. The van der Waals surface area contributed by atoms with Gasteiger partial charge in [-0.2, -0.15) is 9.40 Å². The largest absolute Gasteiger partial charge is 0.472 e. The van der Waals surface area contributed by atoms with Gasteiger partial charge >= 0.3 is 0 Å². The summed E-state index contributed by atoms with van der Waals surface area (Å²) in [6.07, 6.45) is 0.534. The first-order valence-corrected chi connectivity index (χ1v) is 7.86. The van der Waals surface area contributed by atoms with Crippen LogP contribution >= 0.6 is 0 Å². The molecular weight excluding hydrogens is 266 g/mol. The monoisotopic (exact) mass is 285 g/mol. The highest BCUT2D eigenvalue weighted by molar-refractivity contribution is 7.89. The average Bonchev–Trinajstić information content (AvgIpc) is 2.81. The van der Waals surface area contributed by atoms with Gasteiger partial charge in [-0.1, -0.05) is 0 Å². The van der Waals surface area contributed by atoms with Crippen LogP contribution in [0.5, 0.6) is 5.88 Å². The van der Waals surface area contributed by atoms with Gasteiger partial charge in [0.25, 0.3) is 0 Å². The van der Waals surface area contributed by atoms with E-state index in [-0.39, 0.29) is 6.10 Å². The van der Waals surface area contributed by atoms with Crippen LogP contribution in [-0.4, -0.2) is 47.4 Å². The number of aryl methyl sites for hydroxylation is 1. The third kappa shape index (κ3) is 3.22. The van der Waals surface area contributed by atoms with E-state index < -0.39 is 15.3 Å². The highest BCUT2D eigenvalue weighted by Gasteiger charge is 2.34. The van der Waals surface area contributed by atoms with Crippen LogP contribution in [0.25, 0.3) is 0 Å². The number of sulfonamides is 1. The van der Waals surface area contributed by atoms with Gasteiger partial charge in [-0.15, -0.1) is 5.10 Å². The van der Waals surface area contributed by atoms with Gasteiger partial charge in [0.15, 0.2) is 0 Å². The molecule has 1 aliphatic rings. The maximum Gasteiger partial charge on any atom is 0.233 e. The van der Waals surface area contributed by atoms with Crippen molar-refractivity contribution in [3.8, 4) is 5.88 Å². The molecule has 0 aromatic carbocycles. The molecule has 19 heavy (non-hydrogen) atoms. The first kappa shape index (κ1) is 14.2. The maximum absolute atomic E-state index is 12.0. The summed E-state index contributed by atoms with van der Waals surface area (Å²) in [5, 5.41) is 7.44. The van der Waals surface area contributed by atoms with Crippen LogP contribution in [0, 0.1) is 6.92 Å². The van der Waals surface area contributed by atoms with Crippen LogP contribution in [-0.2, 0) is 10.0 Å². The van der Waals surface area contributed by atoms with Gasteiger partial charge in [-0.05, 0) is 33.3 Å². The quantitative estimate of drug-likeness (QED) is 0.824. The zero-order valence-electron chi connectivity index (χ0n) is 11.4. The molecule has 1 atom stereocenters. The predicted octanol–water partition coefficient (Wildman–Crippen LogP) is 0.976. The topological polar surface area (TPSA) is 72.4 Å². The molecule has 0 aliphatic carbocycles. The lowest BCUT2D eigenvalue weighted by molar-refractivity contribution is 0.204. The predicted molar refractivity (Wildman–Crippen MR) is 71.4 cm³/mol. The van der Waals surface area contributed by atoms with Gasteiger partial charge in [-0.25, -0.2) is 8.42 Å². The van der Waals surface area contributed by atoms with Crippen molar-refractivity contribution in [3.05, 3.63) is 17.8 Å². The molecule has 1 saturated heterocycles. The van der Waals surface area contributed by atoms with Crippen molar-refractivity contribution in [2.45, 2.75) is 38.5 Å². The lowest BCUT2D eigenvalue weighted by Crippen LogP contribution is -2.35. The Morgan fingerprint density at radius 3 is 2.68 bits per heavy atom. The molecule has 0 bridgehead atoms. The van der Waals surface area contributed by atoms with Gasteiger partial charge in [0.1, 0.15) is 6.10 Å². The zero-order chi connectivity index (χ0) is 14.0. The minimum absolute atomic E-state index is 0.148. The van der Waals surface area contributed by atoms with Gasteiger partial charge in [0.2, 0.25) is 15.9 Å². The van der Waals surface area contributed by atoms with Crippen molar-refractivity contribution in [3.63, 3.8) is 0 Å². The number of aromatic nitrogens is 2. The summed E-state index contributed by atoms with van der Waals surface area (Å²) in [6, 6.07) is 3.57. The minimum Gasteiger partial charge on any atom is -0.472 e. The molecule has 7 heteroatoms. The Bertz CT molecular complexity index is 528. The summed E-state index contributed by atoms with van der Waals surface area (Å²) in [5.74, 6) is 0.444. The Hall–Kier alpha value is -1.21. The number of nitrogens with zero attached hydrogens (tertiary/aromatic N) is 3. The van der Waals surface area contributed by atoms with Crippen molar-refractivity contribution >= 4 is 10.0 Å². The molecule has 0 spiro atoms. The van der Waals surface area contributed by atoms with Crippen LogP contribution in [0.4, 0.5) is 0 Å². The maximum atomic E-state index is 12.0. The summed E-state index contributed by atoms with van der Waals surface area (Å²) in [5.41, 5.74) is 0.822. The molecule has 6 nitrogen and oxygen atoms in total. The van der Waals surface area contributed by atoms with Crippen molar-refractivity contribution < 1.29 is 13.2 Å². The summed E-state index contributed by atoms with van der Waals surface area (Å²) in [7, 11) is -3.19. The van der Waals surface area contributed by atoms with E-state index >= 15 is 0 Å². The van der Waals surface area contributed by atoms with Crippen molar-refractivity contribution in [1.82, 2.24) is 14.5 Å². The van der Waals surface area contributed by atoms with Crippen molar-refractivity contribution in [1.29, 1.82) is 0 Å². The van der Waals surface area contributed by atoms with E-state index in [9.17, 15) is 8.42 Å². The molecule has 1 aliphatic heterocycles. The molecule has 2 rings (SSSR count). The molecule has 1 aromatic rings. The first-order valence-electron chi connectivity index (χ1n) is 6.35. The Morgan fingerprint density at radius 1 is 1.37 bits per heavy atom. The summed E-state index contributed by atoms with van der Waals surface area (Å²) in [4.78, 5) is 0. The third-order valence-electron chi connectivity index (χ3n) is 3.12. The molecular formula is C12H19N3O3S. The summed E-state index contributed by atoms with van der Waals surface area (Å²) < 4.78 is 31.2. The number of hydrogen-bond donors (Lipinski definition) is 0. The first-order chi connectivity index (χ1) is 8.89. The molecule has 0 radical (unpaired) electrons. The molecule has 106 valence electrons. The summed E-state index contributed by atoms with van der Waals surface area (Å²) >= 11 is 0.